The van der Waals surface area contributed by atoms with Crippen LogP contribution in [-0.4, -0.2) is 26.7 Å². The van der Waals surface area contributed by atoms with E-state index in [1.165, 1.54) is 13.2 Å². The Labute approximate surface area is 104 Å². The van der Waals surface area contributed by atoms with E-state index < -0.39 is 18.6 Å². The van der Waals surface area contributed by atoms with Gasteiger partial charge in [0, 0.05) is 11.6 Å². The molecule has 6 heteroatoms. The Morgan fingerprint density at radius 3 is 2.61 bits per heavy atom. The molecule has 0 heterocycles. The summed E-state index contributed by atoms with van der Waals surface area (Å²) in [4.78, 5) is 11.2. The molecule has 1 aromatic carbocycles. The summed E-state index contributed by atoms with van der Waals surface area (Å²) in [5, 5.41) is 2.87. The second-order valence-corrected chi connectivity index (χ2v) is 3.54. The van der Waals surface area contributed by atoms with Crippen LogP contribution in [0.4, 0.5) is 8.78 Å². The number of hydrogen-bond acceptors (Lipinski definition) is 4. The van der Waals surface area contributed by atoms with Gasteiger partial charge in [-0.25, -0.2) is 0 Å². The van der Waals surface area contributed by atoms with E-state index in [1.54, 1.807) is 25.2 Å². The first kappa shape index (κ1) is 14.4. The van der Waals surface area contributed by atoms with Crippen molar-refractivity contribution < 1.29 is 23.0 Å². The Balaban J connectivity index is 2.93. The molecule has 0 bridgehead atoms. The Kier molecular flexibility index (Phi) is 5.51. The van der Waals surface area contributed by atoms with Crippen molar-refractivity contribution in [1.82, 2.24) is 5.32 Å². The van der Waals surface area contributed by atoms with Crippen molar-refractivity contribution in [1.29, 1.82) is 0 Å². The lowest BCUT2D eigenvalue weighted by molar-refractivity contribution is -0.141. The van der Waals surface area contributed by atoms with Crippen molar-refractivity contribution in [3.8, 4) is 5.75 Å². The van der Waals surface area contributed by atoms with Gasteiger partial charge >= 0.3 is 12.6 Å². The summed E-state index contributed by atoms with van der Waals surface area (Å²) in [6.07, 6.45) is 0.0383. The number of rotatable bonds is 6. The third-order valence-corrected chi connectivity index (χ3v) is 2.46. The molecule has 18 heavy (non-hydrogen) atoms. The standard InChI is InChI=1S/C12H15F2NO3/c1-15-9(7-11(16)17-2)8-5-3-4-6-10(8)18-12(13)14/h3-6,9,12,15H,7H2,1-2H3. The van der Waals surface area contributed by atoms with Crippen LogP contribution in [0.25, 0.3) is 0 Å². The molecule has 0 spiro atoms. The van der Waals surface area contributed by atoms with Crippen molar-refractivity contribution in [2.24, 2.45) is 0 Å². The number of carbonyl (C=O) groups excluding carboxylic acids is 1. The molecular formula is C12H15F2NO3. The van der Waals surface area contributed by atoms with E-state index in [4.69, 9.17) is 0 Å². The molecule has 100 valence electrons. The van der Waals surface area contributed by atoms with E-state index in [1.807, 2.05) is 0 Å². The predicted octanol–water partition coefficient (Wildman–Crippen LogP) is 2.11. The number of benzene rings is 1. The highest BCUT2D eigenvalue weighted by Crippen LogP contribution is 2.28. The first-order chi connectivity index (χ1) is 8.58. The van der Waals surface area contributed by atoms with Crippen LogP contribution in [-0.2, 0) is 9.53 Å². The second-order valence-electron chi connectivity index (χ2n) is 3.54. The van der Waals surface area contributed by atoms with Gasteiger partial charge in [0.25, 0.3) is 0 Å². The van der Waals surface area contributed by atoms with Crippen LogP contribution < -0.4 is 10.1 Å². The smallest absolute Gasteiger partial charge is 0.387 e. The minimum absolute atomic E-state index is 0.0383. The van der Waals surface area contributed by atoms with Gasteiger partial charge in [0.1, 0.15) is 5.75 Å². The summed E-state index contributed by atoms with van der Waals surface area (Å²) >= 11 is 0. The molecular weight excluding hydrogens is 244 g/mol. The summed E-state index contributed by atoms with van der Waals surface area (Å²) in [5.74, 6) is -0.378. The zero-order chi connectivity index (χ0) is 13.5. The second kappa shape index (κ2) is 6.90. The van der Waals surface area contributed by atoms with E-state index >= 15 is 0 Å². The maximum atomic E-state index is 12.3. The number of ether oxygens (including phenoxy) is 2. The van der Waals surface area contributed by atoms with E-state index in [9.17, 15) is 13.6 Å². The summed E-state index contributed by atoms with van der Waals surface area (Å²) in [6, 6.07) is 5.90. The van der Waals surface area contributed by atoms with Gasteiger partial charge in [0.2, 0.25) is 0 Å². The first-order valence-corrected chi connectivity index (χ1v) is 5.36. The first-order valence-electron chi connectivity index (χ1n) is 5.36. The average molecular weight is 259 g/mol. The molecule has 4 nitrogen and oxygen atoms in total. The van der Waals surface area contributed by atoms with Crippen molar-refractivity contribution >= 4 is 5.97 Å². The minimum Gasteiger partial charge on any atom is -0.469 e. The van der Waals surface area contributed by atoms with Crippen molar-refractivity contribution in [2.75, 3.05) is 14.2 Å². The third kappa shape index (κ3) is 3.96. The van der Waals surface area contributed by atoms with Gasteiger partial charge < -0.3 is 14.8 Å². The van der Waals surface area contributed by atoms with Crippen molar-refractivity contribution in [2.45, 2.75) is 19.1 Å². The quantitative estimate of drug-likeness (QED) is 0.795. The van der Waals surface area contributed by atoms with Gasteiger partial charge in [-0.15, -0.1) is 0 Å². The molecule has 0 aliphatic rings. The monoisotopic (exact) mass is 259 g/mol. The van der Waals surface area contributed by atoms with Gasteiger partial charge in [-0.05, 0) is 13.1 Å². The highest BCUT2D eigenvalue weighted by molar-refractivity contribution is 5.70. The average Bonchev–Trinajstić information content (AvgIpc) is 2.36. The predicted molar refractivity (Wildman–Crippen MR) is 61.5 cm³/mol. The summed E-state index contributed by atoms with van der Waals surface area (Å²) < 4.78 is 33.5. The molecule has 0 fully saturated rings. The van der Waals surface area contributed by atoms with Gasteiger partial charge in [0.05, 0.1) is 13.5 Å². The van der Waals surface area contributed by atoms with Gasteiger partial charge in [-0.1, -0.05) is 18.2 Å². The van der Waals surface area contributed by atoms with Crippen LogP contribution in [0.3, 0.4) is 0 Å². The lowest BCUT2D eigenvalue weighted by Gasteiger charge is -2.18. The largest absolute Gasteiger partial charge is 0.469 e. The molecule has 1 atom stereocenters. The summed E-state index contributed by atoms with van der Waals surface area (Å²) in [5.41, 5.74) is 0.491. The highest BCUT2D eigenvalue weighted by Gasteiger charge is 2.19. The van der Waals surface area contributed by atoms with E-state index in [0.29, 0.717) is 5.56 Å². The molecule has 0 saturated carbocycles. The van der Waals surface area contributed by atoms with E-state index in [-0.39, 0.29) is 12.2 Å². The molecule has 0 aliphatic heterocycles. The fraction of sp³-hybridized carbons (Fsp3) is 0.417. The lowest BCUT2D eigenvalue weighted by Crippen LogP contribution is -2.21. The summed E-state index contributed by atoms with van der Waals surface area (Å²) in [6.45, 7) is -2.90. The zero-order valence-electron chi connectivity index (χ0n) is 10.2. The number of halogens is 2. The maximum absolute atomic E-state index is 12.3. The number of nitrogens with one attached hydrogen (secondary N) is 1. The highest BCUT2D eigenvalue weighted by atomic mass is 19.3. The lowest BCUT2D eigenvalue weighted by atomic mass is 10.0. The van der Waals surface area contributed by atoms with Crippen LogP contribution in [0.15, 0.2) is 24.3 Å². The number of carbonyl (C=O) groups is 1. The Bertz CT molecular complexity index is 399. The Hall–Kier alpha value is -1.69. The van der Waals surface area contributed by atoms with Crippen LogP contribution in [0.2, 0.25) is 0 Å². The number of esters is 1. The number of methoxy groups -OCH3 is 1. The molecule has 0 saturated heterocycles. The van der Waals surface area contributed by atoms with Gasteiger partial charge in [-0.2, -0.15) is 8.78 Å². The molecule has 1 rings (SSSR count). The zero-order valence-corrected chi connectivity index (χ0v) is 10.2. The Morgan fingerprint density at radius 1 is 1.39 bits per heavy atom. The van der Waals surface area contributed by atoms with Crippen molar-refractivity contribution in [3.05, 3.63) is 29.8 Å². The fourth-order valence-corrected chi connectivity index (χ4v) is 1.59. The number of hydrogen-bond donors (Lipinski definition) is 1. The molecule has 0 radical (unpaired) electrons. The van der Waals surface area contributed by atoms with E-state index in [0.717, 1.165) is 0 Å². The molecule has 1 N–H and O–H groups in total. The van der Waals surface area contributed by atoms with Crippen molar-refractivity contribution in [3.63, 3.8) is 0 Å². The Morgan fingerprint density at radius 2 is 2.06 bits per heavy atom. The van der Waals surface area contributed by atoms with Gasteiger partial charge in [-0.3, -0.25) is 4.79 Å². The summed E-state index contributed by atoms with van der Waals surface area (Å²) in [7, 11) is 2.91. The number of alkyl halides is 2. The van der Waals surface area contributed by atoms with Crippen LogP contribution in [0.1, 0.15) is 18.0 Å². The number of para-hydroxylation sites is 1. The minimum atomic E-state index is -2.90. The molecule has 1 unspecified atom stereocenters. The van der Waals surface area contributed by atoms with Gasteiger partial charge in [0.15, 0.2) is 0 Å². The fourth-order valence-electron chi connectivity index (χ4n) is 1.59. The molecule has 0 aliphatic carbocycles. The third-order valence-electron chi connectivity index (χ3n) is 2.46. The molecule has 0 aromatic heterocycles. The topological polar surface area (TPSA) is 47.6 Å². The van der Waals surface area contributed by atoms with E-state index in [2.05, 4.69) is 14.8 Å². The SMILES string of the molecule is CNC(CC(=O)OC)c1ccccc1OC(F)F. The van der Waals surface area contributed by atoms with Crippen LogP contribution >= 0.6 is 0 Å². The van der Waals surface area contributed by atoms with Crippen LogP contribution in [0.5, 0.6) is 5.75 Å². The van der Waals surface area contributed by atoms with Crippen LogP contribution in [0, 0.1) is 0 Å². The molecule has 0 amide bonds. The molecule has 1 aromatic rings. The normalized spacial score (nSPS) is 12.3. The maximum Gasteiger partial charge on any atom is 0.387 e.